The van der Waals surface area contributed by atoms with Crippen LogP contribution in [-0.4, -0.2) is 30.6 Å². The van der Waals surface area contributed by atoms with Crippen LogP contribution < -0.4 is 10.6 Å². The number of urea groups is 1. The van der Waals surface area contributed by atoms with Crippen molar-refractivity contribution < 1.29 is 23.5 Å². The summed E-state index contributed by atoms with van der Waals surface area (Å²) in [6.07, 6.45) is 4.11. The fourth-order valence-electron chi connectivity index (χ4n) is 2.73. The Morgan fingerprint density at radius 1 is 1.21 bits per heavy atom. The van der Waals surface area contributed by atoms with E-state index in [4.69, 9.17) is 4.74 Å². The molecule has 0 spiro atoms. The highest BCUT2D eigenvalue weighted by Gasteiger charge is 2.23. The van der Waals surface area contributed by atoms with Crippen molar-refractivity contribution >= 4 is 17.9 Å². The first-order chi connectivity index (χ1) is 11.5. The van der Waals surface area contributed by atoms with E-state index in [1.165, 1.54) is 18.2 Å². The fourth-order valence-corrected chi connectivity index (χ4v) is 2.73. The molecule has 24 heavy (non-hydrogen) atoms. The Labute approximate surface area is 139 Å². The van der Waals surface area contributed by atoms with E-state index in [0.717, 1.165) is 31.7 Å². The lowest BCUT2D eigenvalue weighted by atomic mass is 9.86. The average molecular weight is 336 g/mol. The molecule has 0 heterocycles. The van der Waals surface area contributed by atoms with E-state index in [0.29, 0.717) is 5.92 Å². The van der Waals surface area contributed by atoms with Crippen LogP contribution in [0.2, 0.25) is 0 Å². The van der Waals surface area contributed by atoms with Gasteiger partial charge in [-0.2, -0.15) is 0 Å². The third-order valence-electron chi connectivity index (χ3n) is 4.11. The van der Waals surface area contributed by atoms with Crippen molar-refractivity contribution in [1.82, 2.24) is 10.6 Å². The van der Waals surface area contributed by atoms with E-state index in [9.17, 15) is 18.8 Å². The van der Waals surface area contributed by atoms with Crippen molar-refractivity contribution in [3.8, 4) is 0 Å². The van der Waals surface area contributed by atoms with Gasteiger partial charge in [-0.15, -0.1) is 0 Å². The van der Waals surface area contributed by atoms with E-state index in [-0.39, 0.29) is 11.6 Å². The molecule has 0 unspecified atom stereocenters. The van der Waals surface area contributed by atoms with E-state index < -0.39 is 30.3 Å². The van der Waals surface area contributed by atoms with Gasteiger partial charge in [0.25, 0.3) is 5.91 Å². The molecule has 7 heteroatoms. The van der Waals surface area contributed by atoms with Crippen LogP contribution in [0.3, 0.4) is 0 Å². The summed E-state index contributed by atoms with van der Waals surface area (Å²) < 4.78 is 18.1. The molecule has 0 aromatic heterocycles. The maximum absolute atomic E-state index is 13.4. The molecule has 0 bridgehead atoms. The second kappa shape index (κ2) is 8.42. The first kappa shape index (κ1) is 17.9. The van der Waals surface area contributed by atoms with E-state index >= 15 is 0 Å². The van der Waals surface area contributed by atoms with Crippen LogP contribution in [0.15, 0.2) is 24.3 Å². The Morgan fingerprint density at radius 2 is 1.92 bits per heavy atom. The van der Waals surface area contributed by atoms with E-state index in [2.05, 4.69) is 17.6 Å². The molecule has 2 rings (SSSR count). The number of amides is 3. The van der Waals surface area contributed by atoms with Gasteiger partial charge in [-0.05, 0) is 30.9 Å². The summed E-state index contributed by atoms with van der Waals surface area (Å²) in [7, 11) is 0. The first-order valence-corrected chi connectivity index (χ1v) is 7.99. The Bertz CT molecular complexity index is 620. The molecule has 3 amide bonds. The monoisotopic (exact) mass is 336 g/mol. The summed E-state index contributed by atoms with van der Waals surface area (Å²) >= 11 is 0. The maximum Gasteiger partial charge on any atom is 0.341 e. The van der Waals surface area contributed by atoms with Crippen molar-refractivity contribution in [2.45, 2.75) is 38.6 Å². The smallest absolute Gasteiger partial charge is 0.341 e. The van der Waals surface area contributed by atoms with Crippen LogP contribution in [0.25, 0.3) is 0 Å². The predicted octanol–water partition coefficient (Wildman–Crippen LogP) is 2.39. The minimum absolute atomic E-state index is 0.0347. The number of imide groups is 1. The molecule has 0 radical (unpaired) electrons. The minimum Gasteiger partial charge on any atom is -0.452 e. The zero-order valence-electron chi connectivity index (χ0n) is 13.5. The fraction of sp³-hybridized carbons (Fsp3) is 0.471. The zero-order valence-corrected chi connectivity index (χ0v) is 13.5. The number of carbonyl (C=O) groups excluding carboxylic acids is 3. The highest BCUT2D eigenvalue weighted by Crippen LogP contribution is 2.23. The van der Waals surface area contributed by atoms with E-state index in [1.54, 1.807) is 0 Å². The van der Waals surface area contributed by atoms with Crippen LogP contribution in [0.5, 0.6) is 0 Å². The van der Waals surface area contributed by atoms with Gasteiger partial charge < -0.3 is 10.1 Å². The first-order valence-electron chi connectivity index (χ1n) is 7.99. The van der Waals surface area contributed by atoms with Crippen LogP contribution in [-0.2, 0) is 9.53 Å². The topological polar surface area (TPSA) is 84.5 Å². The molecular formula is C17H21FN2O4. The Hall–Kier alpha value is -2.44. The number of carbonyl (C=O) groups is 3. The van der Waals surface area contributed by atoms with Gasteiger partial charge in [0.2, 0.25) is 0 Å². The molecule has 1 saturated carbocycles. The molecule has 6 nitrogen and oxygen atoms in total. The van der Waals surface area contributed by atoms with Gasteiger partial charge in [0.05, 0.1) is 5.56 Å². The highest BCUT2D eigenvalue weighted by molar-refractivity contribution is 5.97. The number of halogens is 1. The molecule has 1 fully saturated rings. The van der Waals surface area contributed by atoms with Crippen LogP contribution in [0.1, 0.15) is 43.0 Å². The SMILES string of the molecule is C[C@H]1CCCC[C@H]1NC(=O)NC(=O)COC(=O)c1ccccc1F. The summed E-state index contributed by atoms with van der Waals surface area (Å²) in [5, 5.41) is 4.87. The summed E-state index contributed by atoms with van der Waals surface area (Å²) in [5.74, 6) is -2.09. The summed E-state index contributed by atoms with van der Waals surface area (Å²) in [6.45, 7) is 1.41. The molecule has 0 saturated heterocycles. The minimum atomic E-state index is -0.954. The standard InChI is InChI=1S/C17H21FN2O4/c1-11-6-2-5-9-14(11)19-17(23)20-15(21)10-24-16(22)12-7-3-4-8-13(12)18/h3-4,7-8,11,14H,2,5-6,9-10H2,1H3,(H2,19,20,21,23)/t11-,14+/m0/s1. The zero-order chi connectivity index (χ0) is 17.5. The lowest BCUT2D eigenvalue weighted by molar-refractivity contribution is -0.123. The second-order valence-electron chi connectivity index (χ2n) is 5.95. The lowest BCUT2D eigenvalue weighted by Gasteiger charge is -2.29. The molecule has 1 aliphatic rings. The Balaban J connectivity index is 1.75. The molecule has 1 aromatic carbocycles. The van der Waals surface area contributed by atoms with Crippen LogP contribution >= 0.6 is 0 Å². The number of nitrogens with one attached hydrogen (secondary N) is 2. The van der Waals surface area contributed by atoms with Gasteiger partial charge in [-0.3, -0.25) is 10.1 Å². The normalized spacial score (nSPS) is 20.1. The lowest BCUT2D eigenvalue weighted by Crippen LogP contribution is -2.48. The predicted molar refractivity (Wildman–Crippen MR) is 84.8 cm³/mol. The van der Waals surface area contributed by atoms with Crippen LogP contribution in [0, 0.1) is 11.7 Å². The van der Waals surface area contributed by atoms with Gasteiger partial charge in [0.15, 0.2) is 6.61 Å². The molecule has 0 aliphatic heterocycles. The van der Waals surface area contributed by atoms with Crippen molar-refractivity contribution in [2.24, 2.45) is 5.92 Å². The Morgan fingerprint density at radius 3 is 2.62 bits per heavy atom. The number of hydrogen-bond donors (Lipinski definition) is 2. The summed E-state index contributed by atoms with van der Waals surface area (Å²) in [6, 6.07) is 4.73. The van der Waals surface area contributed by atoms with Gasteiger partial charge in [-0.1, -0.05) is 31.9 Å². The summed E-state index contributed by atoms with van der Waals surface area (Å²) in [4.78, 5) is 35.1. The number of benzene rings is 1. The molecular weight excluding hydrogens is 315 g/mol. The third-order valence-corrected chi connectivity index (χ3v) is 4.11. The Kier molecular flexibility index (Phi) is 6.28. The number of ether oxygens (including phenoxy) is 1. The number of esters is 1. The average Bonchev–Trinajstić information content (AvgIpc) is 2.55. The number of hydrogen-bond acceptors (Lipinski definition) is 4. The van der Waals surface area contributed by atoms with Gasteiger partial charge in [0, 0.05) is 6.04 Å². The molecule has 1 aliphatic carbocycles. The van der Waals surface area contributed by atoms with Gasteiger partial charge in [-0.25, -0.2) is 14.0 Å². The van der Waals surface area contributed by atoms with Crippen molar-refractivity contribution in [3.05, 3.63) is 35.6 Å². The van der Waals surface area contributed by atoms with Crippen molar-refractivity contribution in [3.63, 3.8) is 0 Å². The van der Waals surface area contributed by atoms with Gasteiger partial charge in [0.1, 0.15) is 5.82 Å². The molecule has 1 aromatic rings. The third kappa shape index (κ3) is 5.04. The van der Waals surface area contributed by atoms with Crippen LogP contribution in [0.4, 0.5) is 9.18 Å². The highest BCUT2D eigenvalue weighted by atomic mass is 19.1. The van der Waals surface area contributed by atoms with Crippen molar-refractivity contribution in [1.29, 1.82) is 0 Å². The molecule has 2 N–H and O–H groups in total. The van der Waals surface area contributed by atoms with Crippen molar-refractivity contribution in [2.75, 3.05) is 6.61 Å². The van der Waals surface area contributed by atoms with Gasteiger partial charge >= 0.3 is 12.0 Å². The quantitative estimate of drug-likeness (QED) is 0.827. The molecule has 2 atom stereocenters. The second-order valence-corrected chi connectivity index (χ2v) is 5.95. The molecule has 130 valence electrons. The van der Waals surface area contributed by atoms with E-state index in [1.807, 2.05) is 0 Å². The largest absolute Gasteiger partial charge is 0.452 e. The number of rotatable bonds is 4. The summed E-state index contributed by atoms with van der Waals surface area (Å²) in [5.41, 5.74) is -0.259. The maximum atomic E-state index is 13.4.